The van der Waals surface area contributed by atoms with E-state index in [1.165, 1.54) is 16.3 Å². The number of carbonyl (C=O) groups excluding carboxylic acids is 1. The lowest BCUT2D eigenvalue weighted by Crippen LogP contribution is -2.49. The number of nitrogens with zero attached hydrogens (tertiary/aromatic N) is 1. The zero-order valence-corrected chi connectivity index (χ0v) is 15.8. The average Bonchev–Trinajstić information content (AvgIpc) is 2.59. The maximum absolute atomic E-state index is 12.3. The summed E-state index contributed by atoms with van der Waals surface area (Å²) >= 11 is 0. The minimum absolute atomic E-state index is 0.119. The van der Waals surface area contributed by atoms with E-state index >= 15 is 0 Å². The summed E-state index contributed by atoms with van der Waals surface area (Å²) in [6.45, 7) is 7.54. The van der Waals surface area contributed by atoms with Crippen LogP contribution < -0.4 is 0 Å². The molecule has 3 aliphatic carbocycles. The van der Waals surface area contributed by atoms with E-state index in [9.17, 15) is 13.2 Å². The van der Waals surface area contributed by atoms with Crippen LogP contribution in [0.2, 0.25) is 0 Å². The third-order valence-electron chi connectivity index (χ3n) is 6.51. The minimum atomic E-state index is -3.14. The van der Waals surface area contributed by atoms with Gasteiger partial charge in [0.1, 0.15) is 6.61 Å². The molecule has 5 nitrogen and oxygen atoms in total. The van der Waals surface area contributed by atoms with Gasteiger partial charge in [-0.25, -0.2) is 12.7 Å². The van der Waals surface area contributed by atoms with Gasteiger partial charge in [-0.1, -0.05) is 19.9 Å². The fourth-order valence-electron chi connectivity index (χ4n) is 4.47. The van der Waals surface area contributed by atoms with E-state index < -0.39 is 10.0 Å². The van der Waals surface area contributed by atoms with Gasteiger partial charge in [0.2, 0.25) is 10.0 Å². The van der Waals surface area contributed by atoms with Gasteiger partial charge in [0.05, 0.1) is 11.7 Å². The lowest BCUT2D eigenvalue weighted by molar-refractivity contribution is -0.149. The molecule has 1 heterocycles. The van der Waals surface area contributed by atoms with E-state index in [0.717, 1.165) is 12.3 Å². The van der Waals surface area contributed by atoms with Crippen LogP contribution in [-0.4, -0.2) is 44.1 Å². The first-order chi connectivity index (χ1) is 11.3. The number of carbonyl (C=O) groups is 1. The van der Waals surface area contributed by atoms with Crippen LogP contribution in [0.15, 0.2) is 11.6 Å². The quantitative estimate of drug-likeness (QED) is 0.562. The van der Waals surface area contributed by atoms with Gasteiger partial charge >= 0.3 is 5.97 Å². The molecule has 4 rings (SSSR count). The largest absolute Gasteiger partial charge is 0.461 e. The highest BCUT2D eigenvalue weighted by Gasteiger charge is 2.51. The molecule has 0 radical (unpaired) electrons. The molecule has 0 aromatic heterocycles. The van der Waals surface area contributed by atoms with Crippen LogP contribution in [0.5, 0.6) is 0 Å². The van der Waals surface area contributed by atoms with E-state index in [0.29, 0.717) is 43.9 Å². The Morgan fingerprint density at radius 3 is 2.54 bits per heavy atom. The Hall–Kier alpha value is -0.880. The standard InChI is InChI=1S/C18H29NO4S/c1-4-24(21,22)19-9-7-13(8-10-19)17(20)23-12-14-5-6-15-11-16(14)18(15,2)3/h5,13,15-16H,4,6-12H2,1-3H3/t15-,16-/m0/s1. The number of hydrogen-bond acceptors (Lipinski definition) is 4. The van der Waals surface area contributed by atoms with Crippen LogP contribution in [0.4, 0.5) is 0 Å². The molecule has 2 fully saturated rings. The third-order valence-corrected chi connectivity index (χ3v) is 8.39. The normalized spacial score (nSPS) is 30.4. The topological polar surface area (TPSA) is 63.7 Å². The van der Waals surface area contributed by atoms with E-state index in [-0.39, 0.29) is 17.6 Å². The molecular formula is C18H29NO4S. The zero-order chi connectivity index (χ0) is 17.5. The van der Waals surface area contributed by atoms with Crippen molar-refractivity contribution < 1.29 is 17.9 Å². The lowest BCUT2D eigenvalue weighted by atomic mass is 9.49. The molecule has 136 valence electrons. The molecule has 2 bridgehead atoms. The monoisotopic (exact) mass is 355 g/mol. The molecule has 2 atom stereocenters. The molecule has 0 unspecified atom stereocenters. The van der Waals surface area contributed by atoms with Crippen molar-refractivity contribution in [2.45, 2.75) is 46.5 Å². The van der Waals surface area contributed by atoms with E-state index in [1.807, 2.05) is 0 Å². The first-order valence-electron chi connectivity index (χ1n) is 9.09. The van der Waals surface area contributed by atoms with E-state index in [4.69, 9.17) is 4.74 Å². The number of ether oxygens (including phenoxy) is 1. The smallest absolute Gasteiger partial charge is 0.309 e. The fraction of sp³-hybridized carbons (Fsp3) is 0.833. The third kappa shape index (κ3) is 3.15. The maximum Gasteiger partial charge on any atom is 0.309 e. The Labute approximate surface area is 145 Å². The Kier molecular flexibility index (Phi) is 4.82. The lowest BCUT2D eigenvalue weighted by Gasteiger charge is -2.56. The molecule has 6 heteroatoms. The predicted molar refractivity (Wildman–Crippen MR) is 92.8 cm³/mol. The summed E-state index contributed by atoms with van der Waals surface area (Å²) in [7, 11) is -3.14. The van der Waals surface area contributed by atoms with Crippen LogP contribution >= 0.6 is 0 Å². The molecule has 0 N–H and O–H groups in total. The van der Waals surface area contributed by atoms with Gasteiger partial charge in [-0.2, -0.15) is 0 Å². The molecule has 1 aliphatic heterocycles. The maximum atomic E-state index is 12.3. The second-order valence-corrected chi connectivity index (χ2v) is 10.3. The van der Waals surface area contributed by atoms with Crippen LogP contribution in [0.25, 0.3) is 0 Å². The van der Waals surface area contributed by atoms with Crippen molar-refractivity contribution in [1.29, 1.82) is 0 Å². The molecule has 0 spiro atoms. The fourth-order valence-corrected chi connectivity index (χ4v) is 5.60. The van der Waals surface area contributed by atoms with Crippen LogP contribution in [-0.2, 0) is 19.6 Å². The number of allylic oxidation sites excluding steroid dienone is 1. The molecule has 0 amide bonds. The number of hydrogen-bond donors (Lipinski definition) is 0. The number of fused-ring (bicyclic) bond motifs is 1. The second-order valence-electron chi connectivity index (χ2n) is 8.00. The van der Waals surface area contributed by atoms with Gasteiger partial charge < -0.3 is 4.74 Å². The van der Waals surface area contributed by atoms with Crippen LogP contribution in [0.3, 0.4) is 0 Å². The molecule has 0 aromatic rings. The molecule has 4 aliphatic rings. The van der Waals surface area contributed by atoms with Crippen molar-refractivity contribution in [3.05, 3.63) is 11.6 Å². The molecule has 24 heavy (non-hydrogen) atoms. The van der Waals surface area contributed by atoms with Crippen molar-refractivity contribution in [2.75, 3.05) is 25.4 Å². The predicted octanol–water partition coefficient (Wildman–Crippen LogP) is 2.58. The summed E-state index contributed by atoms with van der Waals surface area (Å²) in [6, 6.07) is 0. The summed E-state index contributed by atoms with van der Waals surface area (Å²) < 4.78 is 30.8. The Morgan fingerprint density at radius 2 is 2.00 bits per heavy atom. The molecule has 1 saturated carbocycles. The Balaban J connectivity index is 1.48. The van der Waals surface area contributed by atoms with Crippen molar-refractivity contribution in [3.63, 3.8) is 0 Å². The average molecular weight is 356 g/mol. The first-order valence-corrected chi connectivity index (χ1v) is 10.7. The number of sulfonamides is 1. The van der Waals surface area contributed by atoms with Crippen molar-refractivity contribution >= 4 is 16.0 Å². The van der Waals surface area contributed by atoms with Gasteiger partial charge in [0.15, 0.2) is 0 Å². The Morgan fingerprint density at radius 1 is 1.33 bits per heavy atom. The van der Waals surface area contributed by atoms with Gasteiger partial charge in [0.25, 0.3) is 0 Å². The molecule has 1 saturated heterocycles. The van der Waals surface area contributed by atoms with Crippen molar-refractivity contribution in [2.24, 2.45) is 23.2 Å². The van der Waals surface area contributed by atoms with Crippen LogP contribution in [0, 0.1) is 23.2 Å². The van der Waals surface area contributed by atoms with E-state index in [2.05, 4.69) is 19.9 Å². The number of esters is 1. The summed E-state index contributed by atoms with van der Waals surface area (Å²) in [6.07, 6.45) is 5.71. The van der Waals surface area contributed by atoms with Gasteiger partial charge in [-0.05, 0) is 55.4 Å². The van der Waals surface area contributed by atoms with Crippen LogP contribution in [0.1, 0.15) is 46.5 Å². The zero-order valence-electron chi connectivity index (χ0n) is 15.0. The van der Waals surface area contributed by atoms with Gasteiger partial charge in [0, 0.05) is 13.1 Å². The summed E-state index contributed by atoms with van der Waals surface area (Å²) in [5.41, 5.74) is 1.62. The van der Waals surface area contributed by atoms with Crippen molar-refractivity contribution in [1.82, 2.24) is 4.31 Å². The summed E-state index contributed by atoms with van der Waals surface area (Å²) in [5.74, 6) is 1.13. The van der Waals surface area contributed by atoms with Gasteiger partial charge in [-0.15, -0.1) is 0 Å². The highest BCUT2D eigenvalue weighted by molar-refractivity contribution is 7.89. The van der Waals surface area contributed by atoms with Crippen molar-refractivity contribution in [3.8, 4) is 0 Å². The molecule has 0 aromatic carbocycles. The summed E-state index contributed by atoms with van der Waals surface area (Å²) in [5, 5.41) is 0. The Bertz CT molecular complexity index is 629. The highest BCUT2D eigenvalue weighted by atomic mass is 32.2. The number of piperidine rings is 1. The van der Waals surface area contributed by atoms with E-state index in [1.54, 1.807) is 6.92 Å². The minimum Gasteiger partial charge on any atom is -0.461 e. The molecular weight excluding hydrogens is 326 g/mol. The first kappa shape index (κ1) is 17.9. The second kappa shape index (κ2) is 6.45. The highest BCUT2D eigenvalue weighted by Crippen LogP contribution is 2.59. The summed E-state index contributed by atoms with van der Waals surface area (Å²) in [4.78, 5) is 12.3. The number of rotatable bonds is 5. The SMILES string of the molecule is CCS(=O)(=O)N1CCC(C(=O)OCC2=CC[C@H]3C[C@@H]2C3(C)C)CC1. The van der Waals surface area contributed by atoms with Gasteiger partial charge in [-0.3, -0.25) is 4.79 Å².